The van der Waals surface area contributed by atoms with E-state index in [0.29, 0.717) is 12.0 Å². The number of nitrogens with zero attached hydrogens (tertiary/aromatic N) is 3. The SMILES string of the molecule is c1ccc(SCc2nc(NC[C@@H]([C@H]3CCOC3)N3CCOCC3)c3c4c(sc3n2)CCC4)cc1. The molecule has 3 aromatic rings. The van der Waals surface area contributed by atoms with E-state index in [4.69, 9.17) is 19.4 Å². The standard InChI is InChI=1S/C26H32N4O2S2/c1-2-5-19(6-3-1)33-17-23-28-25(24-20-7-4-8-22(20)34-26(24)29-23)27-15-21(18-9-12-32-16-18)30-10-13-31-14-11-30/h1-3,5-6,18,21H,4,7-17H2,(H,27,28,29)/t18-,21-/m0/s1. The van der Waals surface area contributed by atoms with Gasteiger partial charge in [-0.05, 0) is 43.4 Å². The normalized spacial score (nSPS) is 21.7. The van der Waals surface area contributed by atoms with Crippen LogP contribution in [0.25, 0.3) is 10.2 Å². The molecule has 0 radical (unpaired) electrons. The fourth-order valence-electron chi connectivity index (χ4n) is 5.46. The molecule has 34 heavy (non-hydrogen) atoms. The van der Waals surface area contributed by atoms with Crippen LogP contribution >= 0.6 is 23.1 Å². The largest absolute Gasteiger partial charge is 0.381 e. The first kappa shape index (κ1) is 22.7. The Bertz CT molecular complexity index is 1110. The van der Waals surface area contributed by atoms with Crippen LogP contribution in [0.15, 0.2) is 35.2 Å². The zero-order valence-electron chi connectivity index (χ0n) is 19.5. The Kier molecular flexibility index (Phi) is 7.02. The van der Waals surface area contributed by atoms with Crippen molar-refractivity contribution in [3.05, 3.63) is 46.6 Å². The fourth-order valence-corrected chi connectivity index (χ4v) is 7.51. The van der Waals surface area contributed by atoms with Crippen LogP contribution in [0.2, 0.25) is 0 Å². The number of hydrogen-bond acceptors (Lipinski definition) is 8. The van der Waals surface area contributed by atoms with Crippen molar-refractivity contribution in [2.75, 3.05) is 51.4 Å². The quantitative estimate of drug-likeness (QED) is 0.457. The number of nitrogens with one attached hydrogen (secondary N) is 1. The van der Waals surface area contributed by atoms with Gasteiger partial charge in [0.15, 0.2) is 0 Å². The Labute approximate surface area is 209 Å². The molecule has 2 saturated heterocycles. The van der Waals surface area contributed by atoms with Crippen molar-refractivity contribution >= 4 is 39.1 Å². The molecular weight excluding hydrogens is 464 g/mol. The summed E-state index contributed by atoms with van der Waals surface area (Å²) >= 11 is 3.68. The van der Waals surface area contributed by atoms with E-state index in [9.17, 15) is 0 Å². The van der Waals surface area contributed by atoms with Gasteiger partial charge in [-0.3, -0.25) is 4.90 Å². The summed E-state index contributed by atoms with van der Waals surface area (Å²) in [5, 5.41) is 5.10. The molecule has 2 fully saturated rings. The number of hydrogen-bond donors (Lipinski definition) is 1. The van der Waals surface area contributed by atoms with Gasteiger partial charge in [-0.2, -0.15) is 0 Å². The number of morpholine rings is 1. The van der Waals surface area contributed by atoms with Gasteiger partial charge in [-0.15, -0.1) is 23.1 Å². The lowest BCUT2D eigenvalue weighted by Gasteiger charge is -2.37. The second kappa shape index (κ2) is 10.5. The minimum absolute atomic E-state index is 0.435. The summed E-state index contributed by atoms with van der Waals surface area (Å²) in [5.41, 5.74) is 1.48. The molecule has 0 unspecified atom stereocenters. The molecule has 2 aliphatic heterocycles. The topological polar surface area (TPSA) is 59.5 Å². The van der Waals surface area contributed by atoms with E-state index >= 15 is 0 Å². The Morgan fingerprint density at radius 1 is 1.09 bits per heavy atom. The third-order valence-corrected chi connectivity index (χ3v) is 9.42. The molecular formula is C26H32N4O2S2. The van der Waals surface area contributed by atoms with Gasteiger partial charge < -0.3 is 14.8 Å². The van der Waals surface area contributed by atoms with Crippen molar-refractivity contribution < 1.29 is 9.47 Å². The first-order valence-corrected chi connectivity index (χ1v) is 14.3. The molecule has 1 aromatic carbocycles. The highest BCUT2D eigenvalue weighted by molar-refractivity contribution is 7.98. The van der Waals surface area contributed by atoms with E-state index in [1.165, 1.54) is 33.6 Å². The van der Waals surface area contributed by atoms with Crippen LogP contribution in [0.4, 0.5) is 5.82 Å². The number of fused-ring (bicyclic) bond motifs is 3. The molecule has 6 rings (SSSR count). The highest BCUT2D eigenvalue weighted by Gasteiger charge is 2.32. The van der Waals surface area contributed by atoms with Crippen molar-refractivity contribution in [1.82, 2.24) is 14.9 Å². The van der Waals surface area contributed by atoms with Crippen LogP contribution in [-0.2, 0) is 28.1 Å². The third kappa shape index (κ3) is 4.84. The number of thioether (sulfide) groups is 1. The summed E-state index contributed by atoms with van der Waals surface area (Å²) in [7, 11) is 0. The predicted octanol–water partition coefficient (Wildman–Crippen LogP) is 4.62. The van der Waals surface area contributed by atoms with Gasteiger partial charge in [0.25, 0.3) is 0 Å². The lowest BCUT2D eigenvalue weighted by Crippen LogP contribution is -2.50. The molecule has 180 valence electrons. The Morgan fingerprint density at radius 2 is 1.97 bits per heavy atom. The smallest absolute Gasteiger partial charge is 0.142 e. The number of ether oxygens (including phenoxy) is 2. The van der Waals surface area contributed by atoms with Crippen molar-refractivity contribution in [3.63, 3.8) is 0 Å². The van der Waals surface area contributed by atoms with Crippen LogP contribution in [0, 0.1) is 5.92 Å². The zero-order chi connectivity index (χ0) is 22.7. The van der Waals surface area contributed by atoms with E-state index in [-0.39, 0.29) is 0 Å². The van der Waals surface area contributed by atoms with Gasteiger partial charge in [0.1, 0.15) is 16.5 Å². The Morgan fingerprint density at radius 3 is 2.79 bits per heavy atom. The van der Waals surface area contributed by atoms with Gasteiger partial charge in [-0.25, -0.2) is 9.97 Å². The maximum Gasteiger partial charge on any atom is 0.142 e. The van der Waals surface area contributed by atoms with Crippen LogP contribution in [0.1, 0.15) is 29.1 Å². The molecule has 1 N–H and O–H groups in total. The van der Waals surface area contributed by atoms with Gasteiger partial charge in [0.05, 0.1) is 31.0 Å². The minimum atomic E-state index is 0.435. The zero-order valence-corrected chi connectivity index (χ0v) is 21.1. The summed E-state index contributed by atoms with van der Waals surface area (Å²) < 4.78 is 11.4. The Hall–Kier alpha value is -1.71. The number of thiophene rings is 1. The van der Waals surface area contributed by atoms with Gasteiger partial charge in [-0.1, -0.05) is 18.2 Å². The molecule has 8 heteroatoms. The van der Waals surface area contributed by atoms with Crippen molar-refractivity contribution in [2.45, 2.75) is 42.4 Å². The van der Waals surface area contributed by atoms with Crippen LogP contribution in [-0.4, -0.2) is 67.0 Å². The second-order valence-electron chi connectivity index (χ2n) is 9.35. The van der Waals surface area contributed by atoms with E-state index in [1.54, 1.807) is 11.8 Å². The highest BCUT2D eigenvalue weighted by atomic mass is 32.2. The highest BCUT2D eigenvalue weighted by Crippen LogP contribution is 2.40. The van der Waals surface area contributed by atoms with E-state index < -0.39 is 0 Å². The monoisotopic (exact) mass is 496 g/mol. The van der Waals surface area contributed by atoms with Crippen molar-refractivity contribution in [1.29, 1.82) is 0 Å². The molecule has 0 amide bonds. The maximum absolute atomic E-state index is 5.78. The lowest BCUT2D eigenvalue weighted by atomic mass is 9.97. The summed E-state index contributed by atoms with van der Waals surface area (Å²) in [6.45, 7) is 6.25. The first-order valence-electron chi connectivity index (χ1n) is 12.5. The van der Waals surface area contributed by atoms with Crippen LogP contribution in [0.3, 0.4) is 0 Å². The summed E-state index contributed by atoms with van der Waals surface area (Å²) in [6.07, 6.45) is 4.71. The number of aryl methyl sites for hydroxylation is 2. The maximum atomic E-state index is 5.78. The van der Waals surface area contributed by atoms with Gasteiger partial charge >= 0.3 is 0 Å². The van der Waals surface area contributed by atoms with Crippen molar-refractivity contribution in [2.24, 2.45) is 5.92 Å². The van der Waals surface area contributed by atoms with Crippen LogP contribution < -0.4 is 5.32 Å². The van der Waals surface area contributed by atoms with E-state index in [1.807, 2.05) is 11.3 Å². The number of anilines is 1. The number of benzene rings is 1. The molecule has 3 aliphatic rings. The number of rotatable bonds is 8. The molecule has 1 aliphatic carbocycles. The third-order valence-electron chi connectivity index (χ3n) is 7.22. The fraction of sp³-hybridized carbons (Fsp3) is 0.538. The molecule has 6 nitrogen and oxygen atoms in total. The first-order chi connectivity index (χ1) is 16.8. The molecule has 0 saturated carbocycles. The average molecular weight is 497 g/mol. The predicted molar refractivity (Wildman–Crippen MR) is 139 cm³/mol. The van der Waals surface area contributed by atoms with E-state index in [2.05, 4.69) is 40.5 Å². The van der Waals surface area contributed by atoms with Gasteiger partial charge in [0, 0.05) is 48.0 Å². The Balaban J connectivity index is 1.27. The molecule has 2 aromatic heterocycles. The average Bonchev–Trinajstić information content (AvgIpc) is 3.62. The summed E-state index contributed by atoms with van der Waals surface area (Å²) in [5.74, 6) is 3.28. The van der Waals surface area contributed by atoms with Crippen molar-refractivity contribution in [3.8, 4) is 0 Å². The molecule has 0 spiro atoms. The summed E-state index contributed by atoms with van der Waals surface area (Å²) in [6, 6.07) is 11.0. The second-order valence-corrected chi connectivity index (χ2v) is 11.5. The molecule has 4 heterocycles. The van der Waals surface area contributed by atoms with Gasteiger partial charge in [0.2, 0.25) is 0 Å². The van der Waals surface area contributed by atoms with E-state index in [0.717, 1.165) is 81.1 Å². The molecule has 0 bridgehead atoms. The molecule has 2 atom stereocenters. The van der Waals surface area contributed by atoms with Crippen LogP contribution in [0.5, 0.6) is 0 Å². The minimum Gasteiger partial charge on any atom is -0.381 e. The summed E-state index contributed by atoms with van der Waals surface area (Å²) in [4.78, 5) is 16.6. The lowest BCUT2D eigenvalue weighted by molar-refractivity contribution is 0.00460. The number of aromatic nitrogens is 2.